The molecule has 1 aromatic heterocycles. The van der Waals surface area contributed by atoms with E-state index in [1.807, 2.05) is 6.07 Å². The summed E-state index contributed by atoms with van der Waals surface area (Å²) in [6, 6.07) is 1.90. The fourth-order valence-electron chi connectivity index (χ4n) is 0.673. The maximum Gasteiger partial charge on any atom is 0.231 e. The van der Waals surface area contributed by atoms with Crippen molar-refractivity contribution in [2.24, 2.45) is 5.73 Å². The van der Waals surface area contributed by atoms with Crippen molar-refractivity contribution in [1.29, 1.82) is 5.26 Å². The summed E-state index contributed by atoms with van der Waals surface area (Å²) in [6.45, 7) is 0. The van der Waals surface area contributed by atoms with E-state index in [-0.39, 0.29) is 12.3 Å². The highest BCUT2D eigenvalue weighted by Crippen LogP contribution is 2.03. The number of nitrogens with two attached hydrogens (primary N) is 1. The summed E-state index contributed by atoms with van der Waals surface area (Å²) >= 11 is 0. The minimum Gasteiger partial charge on any atom is -0.448 e. The number of nitrogens with zero attached hydrogens (tertiary/aromatic N) is 2. The first-order chi connectivity index (χ1) is 5.72. The third-order valence-electron chi connectivity index (χ3n) is 1.10. The molecule has 0 aliphatic rings. The van der Waals surface area contributed by atoms with Crippen molar-refractivity contribution in [2.45, 2.75) is 6.42 Å². The Bertz CT molecular complexity index is 324. The quantitative estimate of drug-likeness (QED) is 0.668. The molecule has 0 atom stereocenters. The van der Waals surface area contributed by atoms with E-state index in [1.165, 1.54) is 6.26 Å². The molecule has 1 heterocycles. The van der Waals surface area contributed by atoms with Crippen LogP contribution >= 0.6 is 0 Å². The summed E-state index contributed by atoms with van der Waals surface area (Å²) in [5, 5.41) is 8.28. The molecule has 0 saturated heterocycles. The largest absolute Gasteiger partial charge is 0.448 e. The highest BCUT2D eigenvalue weighted by molar-refractivity contribution is 5.85. The molecule has 0 aliphatic carbocycles. The van der Waals surface area contributed by atoms with Gasteiger partial charge in [0.15, 0.2) is 0 Å². The van der Waals surface area contributed by atoms with E-state index in [2.05, 4.69) is 4.98 Å². The molecule has 0 spiro atoms. The number of hydrogen-bond donors (Lipinski definition) is 1. The number of hydrogen-bond acceptors (Lipinski definition) is 4. The van der Waals surface area contributed by atoms with Crippen molar-refractivity contribution in [3.63, 3.8) is 0 Å². The van der Waals surface area contributed by atoms with E-state index in [1.54, 1.807) is 0 Å². The number of carbonyl (C=O) groups excluding carboxylic acids is 1. The lowest BCUT2D eigenvalue weighted by Crippen LogP contribution is -2.11. The van der Waals surface area contributed by atoms with Crippen LogP contribution in [-0.2, 0) is 11.2 Å². The van der Waals surface area contributed by atoms with Gasteiger partial charge in [-0.3, -0.25) is 4.79 Å². The first-order valence-electron chi connectivity index (χ1n) is 3.18. The summed E-state index contributed by atoms with van der Waals surface area (Å²) in [5.74, 6) is -0.492. The van der Waals surface area contributed by atoms with Crippen LogP contribution in [0.25, 0.3) is 0 Å². The number of carbonyl (C=O) groups is 1. The topological polar surface area (TPSA) is 92.9 Å². The Labute approximate surface area is 68.8 Å². The normalized spacial score (nSPS) is 9.25. The van der Waals surface area contributed by atoms with Gasteiger partial charge in [-0.05, 0) is 0 Å². The second-order valence-electron chi connectivity index (χ2n) is 2.06. The van der Waals surface area contributed by atoms with Crippen molar-refractivity contribution in [3.8, 4) is 6.07 Å². The number of aromatic nitrogens is 1. The molecule has 0 aliphatic heterocycles. The van der Waals surface area contributed by atoms with E-state index in [0.717, 1.165) is 6.42 Å². The monoisotopic (exact) mass is 164 g/mol. The molecule has 1 rings (SSSR count). The molecule has 61 valence electrons. The van der Waals surface area contributed by atoms with Gasteiger partial charge in [-0.1, -0.05) is 0 Å². The molecular formula is C7H6N3O2. The molecule has 5 heteroatoms. The fourth-order valence-corrected chi connectivity index (χ4v) is 0.673. The smallest absolute Gasteiger partial charge is 0.231 e. The third-order valence-corrected chi connectivity index (χ3v) is 1.10. The first-order valence-corrected chi connectivity index (χ1v) is 3.18. The molecule has 0 bridgehead atoms. The molecule has 0 unspecified atom stereocenters. The summed E-state index contributed by atoms with van der Waals surface area (Å²) < 4.78 is 4.81. The van der Waals surface area contributed by atoms with Crippen LogP contribution in [0.5, 0.6) is 0 Å². The molecule has 0 fully saturated rings. The highest BCUT2D eigenvalue weighted by Gasteiger charge is 2.06. The van der Waals surface area contributed by atoms with Crippen LogP contribution in [0.3, 0.4) is 0 Å². The summed E-state index contributed by atoms with van der Waals surface area (Å²) in [7, 11) is 0. The number of oxazole rings is 1. The number of amides is 1. The molecular weight excluding hydrogens is 158 g/mol. The van der Waals surface area contributed by atoms with E-state index in [9.17, 15) is 4.79 Å². The van der Waals surface area contributed by atoms with Crippen LogP contribution in [-0.4, -0.2) is 10.9 Å². The zero-order valence-electron chi connectivity index (χ0n) is 6.15. The average molecular weight is 164 g/mol. The van der Waals surface area contributed by atoms with Gasteiger partial charge in [0.2, 0.25) is 11.8 Å². The maximum absolute atomic E-state index is 10.3. The predicted molar refractivity (Wildman–Crippen MR) is 38.4 cm³/mol. The Morgan fingerprint density at radius 2 is 2.67 bits per heavy atom. The SMILES string of the molecule is N#CCc1coc([CH]C(N)=O)n1. The van der Waals surface area contributed by atoms with Gasteiger partial charge in [-0.2, -0.15) is 5.26 Å². The van der Waals surface area contributed by atoms with Gasteiger partial charge < -0.3 is 10.2 Å². The van der Waals surface area contributed by atoms with Crippen molar-refractivity contribution < 1.29 is 9.21 Å². The van der Waals surface area contributed by atoms with E-state index in [4.69, 9.17) is 15.4 Å². The van der Waals surface area contributed by atoms with Gasteiger partial charge in [0.1, 0.15) is 12.7 Å². The van der Waals surface area contributed by atoms with Crippen LogP contribution in [0, 0.1) is 17.8 Å². The number of primary amides is 1. The Morgan fingerprint density at radius 1 is 1.92 bits per heavy atom. The molecule has 2 N–H and O–H groups in total. The summed E-state index contributed by atoms with van der Waals surface area (Å²) in [6.07, 6.45) is 2.54. The van der Waals surface area contributed by atoms with Gasteiger partial charge in [0.05, 0.1) is 18.2 Å². The Hall–Kier alpha value is -1.83. The second-order valence-corrected chi connectivity index (χ2v) is 2.06. The van der Waals surface area contributed by atoms with Crippen molar-refractivity contribution in [1.82, 2.24) is 4.98 Å². The maximum atomic E-state index is 10.3. The van der Waals surface area contributed by atoms with Gasteiger partial charge in [0, 0.05) is 0 Å². The average Bonchev–Trinajstić information content (AvgIpc) is 2.36. The van der Waals surface area contributed by atoms with Crippen LogP contribution in [0.1, 0.15) is 11.6 Å². The highest BCUT2D eigenvalue weighted by atomic mass is 16.3. The lowest BCUT2D eigenvalue weighted by Gasteiger charge is -1.84. The summed E-state index contributed by atoms with van der Waals surface area (Å²) in [4.78, 5) is 14.1. The minimum atomic E-state index is -0.625. The molecule has 0 aromatic carbocycles. The molecule has 0 saturated carbocycles. The van der Waals surface area contributed by atoms with E-state index < -0.39 is 5.91 Å². The standard InChI is InChI=1S/C7H6N3O2/c8-2-1-5-4-12-7(10-5)3-6(9)11/h3-4H,1H2,(H2,9,11). The van der Waals surface area contributed by atoms with Crippen molar-refractivity contribution in [3.05, 3.63) is 24.3 Å². The second kappa shape index (κ2) is 3.53. The molecule has 12 heavy (non-hydrogen) atoms. The molecule has 1 amide bonds. The Kier molecular flexibility index (Phi) is 2.43. The van der Waals surface area contributed by atoms with Crippen LogP contribution in [0.4, 0.5) is 0 Å². The van der Waals surface area contributed by atoms with Crippen LogP contribution in [0.15, 0.2) is 10.7 Å². The minimum absolute atomic E-state index is 0.132. The summed E-state index contributed by atoms with van der Waals surface area (Å²) in [5.41, 5.74) is 5.34. The zero-order chi connectivity index (χ0) is 8.97. The van der Waals surface area contributed by atoms with Crippen molar-refractivity contribution in [2.75, 3.05) is 0 Å². The lowest BCUT2D eigenvalue weighted by molar-refractivity contribution is -0.114. The lowest BCUT2D eigenvalue weighted by atomic mass is 10.4. The predicted octanol–water partition coefficient (Wildman–Crippen LogP) is -0.222. The van der Waals surface area contributed by atoms with E-state index in [0.29, 0.717) is 5.69 Å². The van der Waals surface area contributed by atoms with Gasteiger partial charge in [-0.15, -0.1) is 0 Å². The fraction of sp³-hybridized carbons (Fsp3) is 0.143. The van der Waals surface area contributed by atoms with Gasteiger partial charge in [0.25, 0.3) is 0 Å². The van der Waals surface area contributed by atoms with Gasteiger partial charge in [-0.25, -0.2) is 4.98 Å². The number of nitriles is 1. The van der Waals surface area contributed by atoms with Crippen LogP contribution in [0.2, 0.25) is 0 Å². The number of rotatable bonds is 3. The molecule has 1 aromatic rings. The Balaban J connectivity index is 2.65. The van der Waals surface area contributed by atoms with Crippen LogP contribution < -0.4 is 5.73 Å². The van der Waals surface area contributed by atoms with Gasteiger partial charge >= 0.3 is 0 Å². The Morgan fingerprint density at radius 3 is 3.25 bits per heavy atom. The van der Waals surface area contributed by atoms with Crippen molar-refractivity contribution >= 4 is 5.91 Å². The zero-order valence-corrected chi connectivity index (χ0v) is 6.15. The third kappa shape index (κ3) is 2.09. The van der Waals surface area contributed by atoms with E-state index >= 15 is 0 Å². The molecule has 1 radical (unpaired) electrons. The molecule has 5 nitrogen and oxygen atoms in total. The first kappa shape index (κ1) is 8.27.